The number of hydrogen-bond acceptors (Lipinski definition) is 6. The number of carbonyl (C=O) groups excluding carboxylic acids is 3. The lowest BCUT2D eigenvalue weighted by molar-refractivity contribution is -0.151. The number of hydrogen-bond donors (Lipinski definition) is 1. The zero-order valence-corrected chi connectivity index (χ0v) is 19.9. The molecule has 2 aromatic carbocycles. The predicted molar refractivity (Wildman–Crippen MR) is 123 cm³/mol. The van der Waals surface area contributed by atoms with Crippen molar-refractivity contribution in [3.63, 3.8) is 0 Å². The molecule has 9 heteroatoms. The average Bonchev–Trinajstić information content (AvgIpc) is 3.16. The number of carbonyl (C=O) groups is 3. The van der Waals surface area contributed by atoms with Gasteiger partial charge in [0.1, 0.15) is 11.5 Å². The highest BCUT2D eigenvalue weighted by Gasteiger charge is 2.37. The molecule has 1 heterocycles. The lowest BCUT2D eigenvalue weighted by Gasteiger charge is -2.20. The first-order valence-corrected chi connectivity index (χ1v) is 10.8. The molecule has 2 amide bonds. The molecule has 0 radical (unpaired) electrons. The minimum absolute atomic E-state index is 0.00802. The number of ether oxygens (including phenoxy) is 3. The minimum atomic E-state index is -0.677. The Morgan fingerprint density at radius 1 is 1.12 bits per heavy atom. The van der Waals surface area contributed by atoms with E-state index in [4.69, 9.17) is 14.2 Å². The Balaban J connectivity index is 1.60. The zero-order valence-electron chi connectivity index (χ0n) is 18.4. The van der Waals surface area contributed by atoms with Gasteiger partial charge in [-0.05, 0) is 49.2 Å². The van der Waals surface area contributed by atoms with Gasteiger partial charge in [-0.2, -0.15) is 0 Å². The lowest BCUT2D eigenvalue weighted by atomic mass is 10.1. The molecule has 0 aliphatic carbocycles. The Labute approximate surface area is 194 Å². The number of benzene rings is 2. The molecule has 1 atom stereocenters. The van der Waals surface area contributed by atoms with Crippen LogP contribution < -0.4 is 19.7 Å². The van der Waals surface area contributed by atoms with E-state index >= 15 is 0 Å². The monoisotopic (exact) mass is 504 g/mol. The third-order valence-electron chi connectivity index (χ3n) is 5.20. The Morgan fingerprint density at radius 2 is 1.81 bits per heavy atom. The van der Waals surface area contributed by atoms with Gasteiger partial charge in [0.15, 0.2) is 6.61 Å². The van der Waals surface area contributed by atoms with Gasteiger partial charge in [0.2, 0.25) is 5.91 Å². The molecular formula is C23H25BrN2O6. The SMILES string of the molecule is COc1ccc(OC)c(N2C[C@@H](C(=O)OCC(=O)Nc3cc(C)c(Br)c(C)c3)CC2=O)c1. The van der Waals surface area contributed by atoms with Crippen molar-refractivity contribution in [2.45, 2.75) is 20.3 Å². The summed E-state index contributed by atoms with van der Waals surface area (Å²) in [6.45, 7) is 3.55. The molecule has 8 nitrogen and oxygen atoms in total. The van der Waals surface area contributed by atoms with Gasteiger partial charge in [-0.25, -0.2) is 0 Å². The molecule has 0 aromatic heterocycles. The maximum Gasteiger partial charge on any atom is 0.311 e. The first-order chi connectivity index (χ1) is 15.2. The van der Waals surface area contributed by atoms with Gasteiger partial charge < -0.3 is 24.4 Å². The number of nitrogens with one attached hydrogen (secondary N) is 1. The normalized spacial score (nSPS) is 15.5. The summed E-state index contributed by atoms with van der Waals surface area (Å²) in [5.41, 5.74) is 3.10. The van der Waals surface area contributed by atoms with Gasteiger partial charge in [0.25, 0.3) is 5.91 Å². The van der Waals surface area contributed by atoms with Crippen molar-refractivity contribution >= 4 is 45.1 Å². The summed E-state index contributed by atoms with van der Waals surface area (Å²) in [5.74, 6) is -0.898. The van der Waals surface area contributed by atoms with E-state index in [1.54, 1.807) is 18.2 Å². The van der Waals surface area contributed by atoms with Gasteiger partial charge in [0.05, 0.1) is 25.8 Å². The van der Waals surface area contributed by atoms with E-state index in [2.05, 4.69) is 21.2 Å². The molecule has 1 fully saturated rings. The fourth-order valence-electron chi connectivity index (χ4n) is 3.58. The van der Waals surface area contributed by atoms with E-state index < -0.39 is 24.4 Å². The molecule has 3 rings (SSSR count). The quantitative estimate of drug-likeness (QED) is 0.578. The first-order valence-electron chi connectivity index (χ1n) is 9.99. The van der Waals surface area contributed by atoms with Crippen LogP contribution in [0.3, 0.4) is 0 Å². The summed E-state index contributed by atoms with van der Waals surface area (Å²) in [6, 6.07) is 8.75. The summed E-state index contributed by atoms with van der Waals surface area (Å²) in [6.07, 6.45) is -0.00802. The maximum absolute atomic E-state index is 12.6. The van der Waals surface area contributed by atoms with E-state index in [1.807, 2.05) is 26.0 Å². The second kappa shape index (κ2) is 10.0. The molecule has 1 N–H and O–H groups in total. The molecular weight excluding hydrogens is 480 g/mol. The van der Waals surface area contributed by atoms with Crippen LogP contribution >= 0.6 is 15.9 Å². The van der Waals surface area contributed by atoms with E-state index in [1.165, 1.54) is 19.1 Å². The summed E-state index contributed by atoms with van der Waals surface area (Å²) in [4.78, 5) is 38.8. The van der Waals surface area contributed by atoms with Crippen molar-refractivity contribution in [2.75, 3.05) is 37.6 Å². The molecule has 170 valence electrons. The number of rotatable bonds is 7. The zero-order chi connectivity index (χ0) is 23.4. The van der Waals surface area contributed by atoms with Crippen LogP contribution in [0.5, 0.6) is 11.5 Å². The fraction of sp³-hybridized carbons (Fsp3) is 0.348. The fourth-order valence-corrected chi connectivity index (χ4v) is 3.80. The van der Waals surface area contributed by atoms with E-state index in [9.17, 15) is 14.4 Å². The summed E-state index contributed by atoms with van der Waals surface area (Å²) < 4.78 is 16.7. The summed E-state index contributed by atoms with van der Waals surface area (Å²) in [7, 11) is 3.03. The van der Waals surface area contributed by atoms with Crippen LogP contribution in [-0.2, 0) is 19.1 Å². The Morgan fingerprint density at radius 3 is 2.44 bits per heavy atom. The van der Waals surface area contributed by atoms with Crippen molar-refractivity contribution in [3.05, 3.63) is 45.9 Å². The van der Waals surface area contributed by atoms with Crippen molar-refractivity contribution < 1.29 is 28.6 Å². The van der Waals surface area contributed by atoms with Gasteiger partial charge in [-0.15, -0.1) is 0 Å². The van der Waals surface area contributed by atoms with Crippen LogP contribution in [0.4, 0.5) is 11.4 Å². The van der Waals surface area contributed by atoms with Crippen molar-refractivity contribution in [1.82, 2.24) is 0 Å². The molecule has 1 aliphatic heterocycles. The maximum atomic E-state index is 12.6. The Hall–Kier alpha value is -3.07. The van der Waals surface area contributed by atoms with Crippen molar-refractivity contribution in [2.24, 2.45) is 5.92 Å². The Kier molecular flexibility index (Phi) is 7.40. The standard InChI is InChI=1S/C23H25BrN2O6/c1-13-7-16(8-14(2)22(13)24)25-20(27)12-32-23(29)15-9-21(28)26(11-15)18-10-17(30-3)5-6-19(18)31-4/h5-8,10,15H,9,11-12H2,1-4H3,(H,25,27)/t15-/m0/s1. The molecule has 1 aliphatic rings. The van der Waals surface area contributed by atoms with Crippen LogP contribution in [0.25, 0.3) is 0 Å². The second-order valence-electron chi connectivity index (χ2n) is 7.52. The third kappa shape index (κ3) is 5.21. The van der Waals surface area contributed by atoms with E-state index in [0.717, 1.165) is 15.6 Å². The van der Waals surface area contributed by atoms with Crippen molar-refractivity contribution in [3.8, 4) is 11.5 Å². The Bertz CT molecular complexity index is 1030. The third-order valence-corrected chi connectivity index (χ3v) is 6.45. The average molecular weight is 505 g/mol. The predicted octanol–water partition coefficient (Wildman–Crippen LogP) is 3.62. The van der Waals surface area contributed by atoms with Crippen molar-refractivity contribution in [1.29, 1.82) is 0 Å². The molecule has 0 saturated carbocycles. The molecule has 1 saturated heterocycles. The number of esters is 1. The highest BCUT2D eigenvalue weighted by Crippen LogP contribution is 2.36. The van der Waals surface area contributed by atoms with Gasteiger partial charge >= 0.3 is 5.97 Å². The van der Waals surface area contributed by atoms with Crippen LogP contribution in [0.2, 0.25) is 0 Å². The number of methoxy groups -OCH3 is 2. The number of halogens is 1. The van der Waals surface area contributed by atoms with Crippen LogP contribution in [-0.4, -0.2) is 45.2 Å². The number of anilines is 2. The van der Waals surface area contributed by atoms with E-state index in [-0.39, 0.29) is 18.9 Å². The lowest BCUT2D eigenvalue weighted by Crippen LogP contribution is -2.28. The number of nitrogens with zero attached hydrogens (tertiary/aromatic N) is 1. The second-order valence-corrected chi connectivity index (χ2v) is 8.32. The van der Waals surface area contributed by atoms with Gasteiger partial charge in [-0.3, -0.25) is 14.4 Å². The largest absolute Gasteiger partial charge is 0.497 e. The van der Waals surface area contributed by atoms with E-state index in [0.29, 0.717) is 22.9 Å². The molecule has 0 spiro atoms. The van der Waals surface area contributed by atoms with Crippen LogP contribution in [0.1, 0.15) is 17.5 Å². The number of aryl methyl sites for hydroxylation is 2. The summed E-state index contributed by atoms with van der Waals surface area (Å²) >= 11 is 3.48. The van der Waals surface area contributed by atoms with Crippen LogP contribution in [0.15, 0.2) is 34.8 Å². The molecule has 32 heavy (non-hydrogen) atoms. The highest BCUT2D eigenvalue weighted by molar-refractivity contribution is 9.10. The smallest absolute Gasteiger partial charge is 0.311 e. The van der Waals surface area contributed by atoms with Gasteiger partial charge in [0, 0.05) is 29.2 Å². The number of amides is 2. The van der Waals surface area contributed by atoms with Gasteiger partial charge in [-0.1, -0.05) is 15.9 Å². The first kappa shape index (κ1) is 23.6. The highest BCUT2D eigenvalue weighted by atomic mass is 79.9. The summed E-state index contributed by atoms with van der Waals surface area (Å²) in [5, 5.41) is 2.72. The molecule has 2 aromatic rings. The minimum Gasteiger partial charge on any atom is -0.497 e. The van der Waals surface area contributed by atoms with Crippen LogP contribution in [0, 0.1) is 19.8 Å². The topological polar surface area (TPSA) is 94.2 Å². The molecule has 0 bridgehead atoms. The molecule has 0 unspecified atom stereocenters.